The van der Waals surface area contributed by atoms with Crippen LogP contribution in [0, 0.1) is 17.6 Å². The minimum Gasteiger partial charge on any atom is -0.387 e. The van der Waals surface area contributed by atoms with Gasteiger partial charge in [-0.15, -0.1) is 0 Å². The van der Waals surface area contributed by atoms with Crippen molar-refractivity contribution >= 4 is 0 Å². The summed E-state index contributed by atoms with van der Waals surface area (Å²) in [5, 5.41) is 25.1. The van der Waals surface area contributed by atoms with E-state index in [1.54, 1.807) is 0 Å². The molecule has 10 heteroatoms. The number of ether oxygens (including phenoxy) is 2. The molecule has 0 radical (unpaired) electrons. The summed E-state index contributed by atoms with van der Waals surface area (Å²) in [7, 11) is 4.02. The Labute approximate surface area is 173 Å². The highest BCUT2D eigenvalue weighted by atomic mass is 19.2. The zero-order valence-corrected chi connectivity index (χ0v) is 17.0. The lowest BCUT2D eigenvalue weighted by Crippen LogP contribution is -2.70. The Morgan fingerprint density at radius 3 is 2.73 bits per heavy atom. The molecule has 3 fully saturated rings. The molecule has 0 aliphatic carbocycles. The number of hydrogen-bond acceptors (Lipinski definition) is 7. The highest BCUT2D eigenvalue weighted by molar-refractivity contribution is 5.34. The molecule has 0 bridgehead atoms. The molecule has 4 aliphatic heterocycles. The fourth-order valence-electron chi connectivity index (χ4n) is 6.02. The van der Waals surface area contributed by atoms with E-state index in [9.17, 15) is 19.0 Å². The van der Waals surface area contributed by atoms with Crippen molar-refractivity contribution in [3.8, 4) is 0 Å². The van der Waals surface area contributed by atoms with Crippen LogP contribution in [0.3, 0.4) is 0 Å². The number of fused-ring (bicyclic) bond motifs is 2. The highest BCUT2D eigenvalue weighted by Crippen LogP contribution is 2.45. The van der Waals surface area contributed by atoms with E-state index in [2.05, 4.69) is 10.2 Å². The number of nitrogens with one attached hydrogen (secondary N) is 1. The normalized spacial score (nSPS) is 46.2. The van der Waals surface area contributed by atoms with Crippen LogP contribution >= 0.6 is 0 Å². The van der Waals surface area contributed by atoms with Crippen molar-refractivity contribution in [2.24, 2.45) is 11.7 Å². The fourth-order valence-corrected chi connectivity index (χ4v) is 6.02. The van der Waals surface area contributed by atoms with Crippen LogP contribution < -0.4 is 11.1 Å². The van der Waals surface area contributed by atoms with Gasteiger partial charge in [-0.1, -0.05) is 0 Å². The molecule has 3 saturated heterocycles. The smallest absolute Gasteiger partial charge is 0.224 e. The number of aliphatic hydroxyl groups excluding tert-OH is 2. The molecular weight excluding hydrogens is 398 g/mol. The van der Waals surface area contributed by atoms with Crippen molar-refractivity contribution < 1.29 is 33.0 Å². The lowest BCUT2D eigenvalue weighted by atomic mass is 9.96. The Kier molecular flexibility index (Phi) is 4.92. The van der Waals surface area contributed by atoms with Crippen molar-refractivity contribution in [1.29, 1.82) is 0 Å². The van der Waals surface area contributed by atoms with Gasteiger partial charge < -0.3 is 25.4 Å². The molecule has 4 aliphatic rings. The van der Waals surface area contributed by atoms with Crippen LogP contribution in [0.1, 0.15) is 23.7 Å². The average molecular weight is 427 g/mol. The SMILES string of the molecule is CN1CNC(N)C2CC[N+](C)([C@@H]3O[C@H]([C@@H]4OCc5cc(F)c(F)cc54)[C@@H](O)[C@H]3O)C21. The zero-order valence-electron chi connectivity index (χ0n) is 17.0. The summed E-state index contributed by atoms with van der Waals surface area (Å²) in [5.41, 5.74) is 7.26. The summed E-state index contributed by atoms with van der Waals surface area (Å²) < 4.78 is 39.8. The summed E-state index contributed by atoms with van der Waals surface area (Å²) in [4.78, 5) is 2.16. The Bertz CT molecular complexity index is 847. The van der Waals surface area contributed by atoms with E-state index in [1.807, 2.05) is 14.1 Å². The molecule has 9 atom stereocenters. The quantitative estimate of drug-likeness (QED) is 0.475. The number of rotatable bonds is 2. The van der Waals surface area contributed by atoms with Gasteiger partial charge in [0.05, 0.1) is 39.0 Å². The zero-order chi connectivity index (χ0) is 21.4. The Morgan fingerprint density at radius 1 is 1.23 bits per heavy atom. The first-order valence-corrected chi connectivity index (χ1v) is 10.4. The van der Waals surface area contributed by atoms with Gasteiger partial charge in [0.25, 0.3) is 0 Å². The van der Waals surface area contributed by atoms with Crippen LogP contribution in [0.25, 0.3) is 0 Å². The van der Waals surface area contributed by atoms with Crippen molar-refractivity contribution in [3.05, 3.63) is 34.9 Å². The average Bonchev–Trinajstić information content (AvgIpc) is 3.36. The molecule has 1 aromatic rings. The van der Waals surface area contributed by atoms with Crippen molar-refractivity contribution in [1.82, 2.24) is 10.2 Å². The number of aliphatic hydroxyl groups is 2. The first-order chi connectivity index (χ1) is 14.2. The Hall–Kier alpha value is -1.24. The largest absolute Gasteiger partial charge is 0.387 e. The van der Waals surface area contributed by atoms with Gasteiger partial charge in [-0.05, 0) is 30.3 Å². The molecular formula is C20H29F2N4O4+. The predicted octanol–water partition coefficient (Wildman–Crippen LogP) is -0.447. The van der Waals surface area contributed by atoms with Gasteiger partial charge in [0.15, 0.2) is 23.9 Å². The molecule has 30 heavy (non-hydrogen) atoms. The minimum atomic E-state index is -1.21. The molecule has 4 heterocycles. The molecule has 0 aromatic heterocycles. The van der Waals surface area contributed by atoms with E-state index in [-0.39, 0.29) is 24.9 Å². The summed E-state index contributed by atoms with van der Waals surface area (Å²) >= 11 is 0. The third-order valence-corrected chi connectivity index (χ3v) is 7.48. The van der Waals surface area contributed by atoms with Crippen LogP contribution in [0.2, 0.25) is 0 Å². The van der Waals surface area contributed by atoms with E-state index < -0.39 is 42.3 Å². The van der Waals surface area contributed by atoms with Crippen LogP contribution in [-0.4, -0.2) is 83.8 Å². The number of quaternary nitrogens is 1. The molecule has 1 aromatic carbocycles. The number of likely N-dealkylation sites (tertiary alicyclic amines) is 1. The molecule has 166 valence electrons. The summed E-state index contributed by atoms with van der Waals surface area (Å²) in [6.45, 7) is 1.46. The van der Waals surface area contributed by atoms with Crippen molar-refractivity contribution in [2.75, 3.05) is 27.3 Å². The summed E-state index contributed by atoms with van der Waals surface area (Å²) in [6.07, 6.45) is -3.96. The van der Waals surface area contributed by atoms with Gasteiger partial charge in [-0.2, -0.15) is 0 Å². The number of hydrogen-bond donors (Lipinski definition) is 4. The van der Waals surface area contributed by atoms with Gasteiger partial charge in [0.1, 0.15) is 18.3 Å². The lowest BCUT2D eigenvalue weighted by Gasteiger charge is -2.49. The number of halogens is 2. The minimum absolute atomic E-state index is 0.0233. The molecule has 0 spiro atoms. The van der Waals surface area contributed by atoms with E-state index in [1.165, 1.54) is 0 Å². The molecule has 0 amide bonds. The van der Waals surface area contributed by atoms with Crippen LogP contribution in [0.4, 0.5) is 8.78 Å². The van der Waals surface area contributed by atoms with E-state index in [0.717, 1.165) is 25.1 Å². The Balaban J connectivity index is 1.43. The van der Waals surface area contributed by atoms with Crippen LogP contribution in [0.5, 0.6) is 0 Å². The highest BCUT2D eigenvalue weighted by Gasteiger charge is 2.62. The van der Waals surface area contributed by atoms with Crippen molar-refractivity contribution in [3.63, 3.8) is 0 Å². The first kappa shape index (κ1) is 20.7. The van der Waals surface area contributed by atoms with Crippen LogP contribution in [-0.2, 0) is 16.1 Å². The second-order valence-corrected chi connectivity index (χ2v) is 9.25. The first-order valence-electron chi connectivity index (χ1n) is 10.4. The maximum Gasteiger partial charge on any atom is 0.224 e. The van der Waals surface area contributed by atoms with Gasteiger partial charge >= 0.3 is 0 Å². The molecule has 0 saturated carbocycles. The molecule has 5 N–H and O–H groups in total. The van der Waals surface area contributed by atoms with Gasteiger partial charge in [0.2, 0.25) is 6.23 Å². The molecule has 4 unspecified atom stereocenters. The van der Waals surface area contributed by atoms with Gasteiger partial charge in [-0.25, -0.2) is 13.7 Å². The third kappa shape index (κ3) is 2.86. The standard InChI is InChI=1S/C20H29F2N4O4/c1-25-8-24-18(23)10-3-4-26(2,19(10)25)20-15(28)14(27)17(30-20)16-11-6-13(22)12(21)5-9(11)7-29-16/h5-6,10,14-20,24,27-28H,3-4,7-8,23H2,1-2H3/q+1/t10?,14-,15+,16+,17-,18?,19?,20+,26?/m0/s1. The maximum absolute atomic E-state index is 13.8. The Morgan fingerprint density at radius 2 is 1.97 bits per heavy atom. The predicted molar refractivity (Wildman–Crippen MR) is 101 cm³/mol. The number of benzene rings is 1. The van der Waals surface area contributed by atoms with E-state index >= 15 is 0 Å². The molecule has 8 nitrogen and oxygen atoms in total. The summed E-state index contributed by atoms with van der Waals surface area (Å²) in [6, 6.07) is 2.21. The van der Waals surface area contributed by atoms with Crippen molar-refractivity contribution in [2.45, 2.75) is 56.0 Å². The fraction of sp³-hybridized carbons (Fsp3) is 0.700. The molecule has 5 rings (SSSR count). The number of nitrogens with zero attached hydrogens (tertiary/aromatic N) is 2. The number of likely N-dealkylation sites (N-methyl/N-ethyl adjacent to an activating group) is 1. The van der Waals surface area contributed by atoms with Crippen LogP contribution in [0.15, 0.2) is 12.1 Å². The van der Waals surface area contributed by atoms with Gasteiger partial charge in [-0.3, -0.25) is 9.80 Å². The maximum atomic E-state index is 13.8. The number of nitrogens with two attached hydrogens (primary N) is 1. The van der Waals surface area contributed by atoms with Gasteiger partial charge in [0, 0.05) is 6.42 Å². The van der Waals surface area contributed by atoms with E-state index in [4.69, 9.17) is 15.2 Å². The topological polar surface area (TPSA) is 100 Å². The third-order valence-electron chi connectivity index (χ3n) is 7.48. The summed E-state index contributed by atoms with van der Waals surface area (Å²) in [5.74, 6) is -1.72. The monoisotopic (exact) mass is 427 g/mol. The lowest BCUT2D eigenvalue weighted by molar-refractivity contribution is -0.979. The van der Waals surface area contributed by atoms with E-state index in [0.29, 0.717) is 22.3 Å². The second-order valence-electron chi connectivity index (χ2n) is 9.25. The second kappa shape index (κ2) is 7.14.